The summed E-state index contributed by atoms with van der Waals surface area (Å²) in [7, 11) is -3.62. The third-order valence-corrected chi connectivity index (χ3v) is 6.64. The van der Waals surface area contributed by atoms with Crippen LogP contribution in [0.1, 0.15) is 25.0 Å². The van der Waals surface area contributed by atoms with E-state index in [0.717, 1.165) is 5.56 Å². The van der Waals surface area contributed by atoms with E-state index in [2.05, 4.69) is 15.9 Å². The molecule has 5 nitrogen and oxygen atoms in total. The van der Waals surface area contributed by atoms with E-state index in [9.17, 15) is 13.5 Å². The first-order valence-corrected chi connectivity index (χ1v) is 9.04. The highest BCUT2D eigenvalue weighted by atomic mass is 79.9. The lowest BCUT2D eigenvalue weighted by Gasteiger charge is -2.34. The lowest BCUT2D eigenvalue weighted by atomic mass is 10.1. The van der Waals surface area contributed by atoms with Crippen LogP contribution in [0.4, 0.5) is 0 Å². The van der Waals surface area contributed by atoms with Crippen molar-refractivity contribution < 1.29 is 18.3 Å². The van der Waals surface area contributed by atoms with E-state index < -0.39 is 10.0 Å². The Morgan fingerprint density at radius 3 is 2.43 bits per heavy atom. The predicted octanol–water partition coefficient (Wildman–Crippen LogP) is 2.05. The van der Waals surface area contributed by atoms with E-state index in [1.165, 1.54) is 10.4 Å². The van der Waals surface area contributed by atoms with Crippen LogP contribution in [0.15, 0.2) is 21.5 Å². The molecule has 0 amide bonds. The van der Waals surface area contributed by atoms with Crippen molar-refractivity contribution in [2.75, 3.05) is 13.1 Å². The molecule has 1 fully saturated rings. The van der Waals surface area contributed by atoms with Crippen molar-refractivity contribution in [3.05, 3.63) is 27.7 Å². The van der Waals surface area contributed by atoms with Gasteiger partial charge >= 0.3 is 0 Å². The maximum absolute atomic E-state index is 12.9. The van der Waals surface area contributed by atoms with E-state index in [1.54, 1.807) is 6.07 Å². The monoisotopic (exact) mass is 377 g/mol. The lowest BCUT2D eigenvalue weighted by molar-refractivity contribution is -0.0441. The number of hydrogen-bond donors (Lipinski definition) is 1. The number of benzene rings is 1. The molecule has 1 aromatic carbocycles. The highest BCUT2D eigenvalue weighted by Crippen LogP contribution is 2.31. The Bertz CT molecular complexity index is 622. The zero-order chi connectivity index (χ0) is 15.8. The molecule has 0 spiro atoms. The zero-order valence-electron chi connectivity index (χ0n) is 12.3. The standard InChI is InChI=1S/C14H20BrNO4S/c1-9-4-12(8-17)5-13(14(9)15)21(18,19)16-6-10(2)20-11(3)7-16/h4-5,10-11,17H,6-8H2,1-3H3. The molecule has 0 saturated carbocycles. The summed E-state index contributed by atoms with van der Waals surface area (Å²) in [6.07, 6.45) is -0.270. The molecule has 2 unspecified atom stereocenters. The summed E-state index contributed by atoms with van der Waals surface area (Å²) >= 11 is 3.36. The van der Waals surface area contributed by atoms with Crippen LogP contribution in [0.5, 0.6) is 0 Å². The van der Waals surface area contributed by atoms with Crippen LogP contribution in [-0.4, -0.2) is 43.1 Å². The van der Waals surface area contributed by atoms with Gasteiger partial charge in [0.1, 0.15) is 0 Å². The number of sulfonamides is 1. The summed E-state index contributed by atoms with van der Waals surface area (Å²) in [5.74, 6) is 0. The first kappa shape index (κ1) is 16.9. The van der Waals surface area contributed by atoms with Crippen LogP contribution < -0.4 is 0 Å². The Morgan fingerprint density at radius 1 is 1.33 bits per heavy atom. The normalized spacial score (nSPS) is 24.2. The molecular weight excluding hydrogens is 358 g/mol. The number of morpholine rings is 1. The fraction of sp³-hybridized carbons (Fsp3) is 0.571. The Kier molecular flexibility index (Phi) is 5.10. The van der Waals surface area contributed by atoms with Gasteiger partial charge in [0.25, 0.3) is 0 Å². The molecule has 0 aromatic heterocycles. The maximum atomic E-state index is 12.9. The molecule has 1 aliphatic rings. The van der Waals surface area contributed by atoms with Crippen LogP contribution in [0, 0.1) is 6.92 Å². The second-order valence-corrected chi connectivity index (χ2v) is 8.16. The van der Waals surface area contributed by atoms with Crippen molar-refractivity contribution in [3.8, 4) is 0 Å². The molecular formula is C14H20BrNO4S. The van der Waals surface area contributed by atoms with Gasteiger partial charge in [-0.3, -0.25) is 0 Å². The molecule has 118 valence electrons. The average molecular weight is 378 g/mol. The minimum absolute atomic E-state index is 0.135. The van der Waals surface area contributed by atoms with Crippen molar-refractivity contribution in [1.29, 1.82) is 0 Å². The molecule has 1 heterocycles. The number of halogens is 1. The smallest absolute Gasteiger partial charge is 0.244 e. The topological polar surface area (TPSA) is 66.8 Å². The second kappa shape index (κ2) is 6.34. The minimum Gasteiger partial charge on any atom is -0.392 e. The lowest BCUT2D eigenvalue weighted by Crippen LogP contribution is -2.48. The molecule has 0 bridgehead atoms. The summed E-state index contributed by atoms with van der Waals surface area (Å²) in [5.41, 5.74) is 1.37. The molecule has 1 aromatic rings. The van der Waals surface area contributed by atoms with Crippen LogP contribution in [0.2, 0.25) is 0 Å². The molecule has 1 saturated heterocycles. The summed E-state index contributed by atoms with van der Waals surface area (Å²) in [6, 6.07) is 3.30. The van der Waals surface area contributed by atoms with Gasteiger partial charge in [-0.05, 0) is 53.9 Å². The van der Waals surface area contributed by atoms with E-state index in [-0.39, 0.29) is 23.7 Å². The van der Waals surface area contributed by atoms with E-state index in [1.807, 2.05) is 20.8 Å². The summed E-state index contributed by atoms with van der Waals surface area (Å²) < 4.78 is 33.3. The van der Waals surface area contributed by atoms with E-state index in [0.29, 0.717) is 23.1 Å². The highest BCUT2D eigenvalue weighted by Gasteiger charge is 2.33. The van der Waals surface area contributed by atoms with Crippen molar-refractivity contribution in [1.82, 2.24) is 4.31 Å². The summed E-state index contributed by atoms with van der Waals surface area (Å²) in [5, 5.41) is 9.29. The third-order valence-electron chi connectivity index (χ3n) is 3.47. The molecule has 2 rings (SSSR count). The minimum atomic E-state index is -3.62. The first-order chi connectivity index (χ1) is 9.75. The van der Waals surface area contributed by atoms with Crippen molar-refractivity contribution in [2.24, 2.45) is 0 Å². The number of ether oxygens (including phenoxy) is 1. The third kappa shape index (κ3) is 3.48. The van der Waals surface area contributed by atoms with Gasteiger partial charge in [-0.25, -0.2) is 8.42 Å². The summed E-state index contributed by atoms with van der Waals surface area (Å²) in [4.78, 5) is 0.202. The van der Waals surface area contributed by atoms with Gasteiger partial charge in [0.15, 0.2) is 0 Å². The van der Waals surface area contributed by atoms with Crippen LogP contribution in [0.25, 0.3) is 0 Å². The number of rotatable bonds is 3. The Labute approximate surface area is 134 Å². The maximum Gasteiger partial charge on any atom is 0.244 e. The number of aliphatic hydroxyl groups is 1. The van der Waals surface area contributed by atoms with Gasteiger partial charge in [0.05, 0.1) is 23.7 Å². The number of nitrogens with zero attached hydrogens (tertiary/aromatic N) is 1. The van der Waals surface area contributed by atoms with E-state index >= 15 is 0 Å². The van der Waals surface area contributed by atoms with Gasteiger partial charge in [0.2, 0.25) is 10.0 Å². The number of hydrogen-bond acceptors (Lipinski definition) is 4. The van der Waals surface area contributed by atoms with Crippen LogP contribution in [-0.2, 0) is 21.4 Å². The molecule has 21 heavy (non-hydrogen) atoms. The SMILES string of the molecule is Cc1cc(CO)cc(S(=O)(=O)N2CC(C)OC(C)C2)c1Br. The van der Waals surface area contributed by atoms with Gasteiger partial charge < -0.3 is 9.84 Å². The van der Waals surface area contributed by atoms with Gasteiger partial charge in [-0.15, -0.1) is 0 Å². The van der Waals surface area contributed by atoms with Crippen LogP contribution in [0.3, 0.4) is 0 Å². The number of aliphatic hydroxyl groups excluding tert-OH is 1. The molecule has 1 N–H and O–H groups in total. The molecule has 7 heteroatoms. The van der Waals surface area contributed by atoms with Gasteiger partial charge in [-0.1, -0.05) is 6.07 Å². The fourth-order valence-electron chi connectivity index (χ4n) is 2.55. The Hall–Kier alpha value is -0.470. The van der Waals surface area contributed by atoms with Crippen molar-refractivity contribution in [3.63, 3.8) is 0 Å². The molecule has 2 atom stereocenters. The zero-order valence-corrected chi connectivity index (χ0v) is 14.7. The highest BCUT2D eigenvalue weighted by molar-refractivity contribution is 9.10. The largest absolute Gasteiger partial charge is 0.392 e. The van der Waals surface area contributed by atoms with E-state index in [4.69, 9.17) is 4.74 Å². The predicted molar refractivity (Wildman–Crippen MR) is 83.6 cm³/mol. The Morgan fingerprint density at radius 2 is 1.90 bits per heavy atom. The molecule has 1 aliphatic heterocycles. The van der Waals surface area contributed by atoms with Crippen molar-refractivity contribution in [2.45, 2.75) is 44.5 Å². The Balaban J connectivity index is 2.46. The fourth-order valence-corrected chi connectivity index (χ4v) is 5.18. The van der Waals surface area contributed by atoms with Gasteiger partial charge in [0, 0.05) is 17.6 Å². The second-order valence-electron chi connectivity index (χ2n) is 5.46. The number of aryl methyl sites for hydroxylation is 1. The van der Waals surface area contributed by atoms with Crippen molar-refractivity contribution >= 4 is 26.0 Å². The first-order valence-electron chi connectivity index (χ1n) is 6.81. The average Bonchev–Trinajstić information content (AvgIpc) is 2.40. The molecule has 0 aliphatic carbocycles. The molecule has 0 radical (unpaired) electrons. The summed E-state index contributed by atoms with van der Waals surface area (Å²) in [6.45, 7) is 6.02. The van der Waals surface area contributed by atoms with Gasteiger partial charge in [-0.2, -0.15) is 4.31 Å². The quantitative estimate of drug-likeness (QED) is 0.874. The van der Waals surface area contributed by atoms with Crippen LogP contribution >= 0.6 is 15.9 Å².